The number of benzene rings is 1. The van der Waals surface area contributed by atoms with Gasteiger partial charge in [0.2, 0.25) is 0 Å². The van der Waals surface area contributed by atoms with Crippen LogP contribution in [0.15, 0.2) is 34.9 Å². The van der Waals surface area contributed by atoms with E-state index in [2.05, 4.69) is 31.7 Å². The number of halogens is 2. The first-order valence-corrected chi connectivity index (χ1v) is 8.23. The van der Waals surface area contributed by atoms with Crippen LogP contribution in [0.2, 0.25) is 5.02 Å². The lowest BCUT2D eigenvalue weighted by molar-refractivity contribution is 0.689. The molecule has 0 aliphatic heterocycles. The molecule has 0 unspecified atom stereocenters. The molecule has 2 N–H and O–H groups in total. The highest BCUT2D eigenvalue weighted by molar-refractivity contribution is 9.10. The molecule has 3 rings (SSSR count). The van der Waals surface area contributed by atoms with E-state index in [1.54, 1.807) is 0 Å². The Bertz CT molecular complexity index is 669. The minimum atomic E-state index is 0.522. The Morgan fingerprint density at radius 1 is 1.43 bits per heavy atom. The van der Waals surface area contributed by atoms with Crippen LogP contribution in [0, 0.1) is 0 Å². The van der Waals surface area contributed by atoms with Gasteiger partial charge in [0.15, 0.2) is 10.9 Å². The van der Waals surface area contributed by atoms with Gasteiger partial charge >= 0.3 is 0 Å². The van der Waals surface area contributed by atoms with Gasteiger partial charge in [-0.25, -0.2) is 0 Å². The van der Waals surface area contributed by atoms with Crippen molar-refractivity contribution in [3.05, 3.63) is 45.5 Å². The first-order valence-electron chi connectivity index (χ1n) is 6.65. The zero-order chi connectivity index (χ0) is 14.8. The van der Waals surface area contributed by atoms with E-state index in [0.29, 0.717) is 23.5 Å². The van der Waals surface area contributed by atoms with E-state index in [-0.39, 0.29) is 0 Å². The van der Waals surface area contributed by atoms with Crippen LogP contribution >= 0.6 is 39.7 Å². The maximum absolute atomic E-state index is 6.17. The van der Waals surface area contributed by atoms with Crippen molar-refractivity contribution in [3.8, 4) is 0 Å². The van der Waals surface area contributed by atoms with Crippen molar-refractivity contribution in [1.82, 2.24) is 15.1 Å². The fourth-order valence-corrected chi connectivity index (χ4v) is 2.79. The summed E-state index contributed by atoms with van der Waals surface area (Å²) < 4.78 is 2.70. The predicted molar refractivity (Wildman–Crippen MR) is 92.9 cm³/mol. The van der Waals surface area contributed by atoms with E-state index in [0.717, 1.165) is 15.1 Å². The molecule has 1 fully saturated rings. The van der Waals surface area contributed by atoms with Gasteiger partial charge in [-0.15, -0.1) is 0 Å². The summed E-state index contributed by atoms with van der Waals surface area (Å²) in [5.74, 6) is 0.709. The van der Waals surface area contributed by atoms with Crippen molar-refractivity contribution >= 4 is 50.7 Å². The molecule has 0 spiro atoms. The highest BCUT2D eigenvalue weighted by Crippen LogP contribution is 2.23. The zero-order valence-corrected chi connectivity index (χ0v) is 14.3. The monoisotopic (exact) mass is 384 g/mol. The normalized spacial score (nSPS) is 14.0. The quantitative estimate of drug-likeness (QED) is 0.786. The summed E-state index contributed by atoms with van der Waals surface area (Å²) in [7, 11) is 0. The van der Waals surface area contributed by atoms with Gasteiger partial charge in [-0.05, 0) is 52.6 Å². The van der Waals surface area contributed by atoms with Crippen LogP contribution in [-0.2, 0) is 6.54 Å². The maximum Gasteiger partial charge on any atom is 0.172 e. The second-order valence-corrected chi connectivity index (χ2v) is 6.66. The van der Waals surface area contributed by atoms with Crippen molar-refractivity contribution < 1.29 is 0 Å². The largest absolute Gasteiger partial charge is 0.360 e. The van der Waals surface area contributed by atoms with E-state index in [9.17, 15) is 0 Å². The summed E-state index contributed by atoms with van der Waals surface area (Å²) in [4.78, 5) is 0. The molecule has 1 aromatic carbocycles. The fraction of sp³-hybridized carbons (Fsp3) is 0.286. The summed E-state index contributed by atoms with van der Waals surface area (Å²) >= 11 is 14.9. The third-order valence-corrected chi connectivity index (χ3v) is 4.32. The average molecular weight is 386 g/mol. The lowest BCUT2D eigenvalue weighted by atomic mass is 10.2. The number of anilines is 1. The molecule has 21 heavy (non-hydrogen) atoms. The molecule has 7 heteroatoms. The number of thiocarbonyl (C=S) groups is 1. The number of hydrogen-bond acceptors (Lipinski definition) is 2. The molecule has 110 valence electrons. The second kappa shape index (κ2) is 6.34. The van der Waals surface area contributed by atoms with Crippen LogP contribution in [0.4, 0.5) is 5.82 Å². The SMILES string of the molecule is S=C(Nc1nn(Cc2ccccc2Cl)cc1Br)NC1CC1. The van der Waals surface area contributed by atoms with E-state index in [1.165, 1.54) is 12.8 Å². The Morgan fingerprint density at radius 3 is 2.90 bits per heavy atom. The van der Waals surface area contributed by atoms with Crippen molar-refractivity contribution in [2.75, 3.05) is 5.32 Å². The van der Waals surface area contributed by atoms with Crippen LogP contribution in [0.1, 0.15) is 18.4 Å². The van der Waals surface area contributed by atoms with Crippen LogP contribution in [0.25, 0.3) is 0 Å². The Morgan fingerprint density at radius 2 is 2.19 bits per heavy atom. The molecule has 1 heterocycles. The molecular formula is C14H14BrClN4S. The van der Waals surface area contributed by atoms with E-state index in [4.69, 9.17) is 23.8 Å². The van der Waals surface area contributed by atoms with E-state index >= 15 is 0 Å². The fourth-order valence-electron chi connectivity index (χ4n) is 1.92. The molecule has 0 saturated heterocycles. The number of nitrogens with zero attached hydrogens (tertiary/aromatic N) is 2. The van der Waals surface area contributed by atoms with Gasteiger partial charge in [-0.1, -0.05) is 29.8 Å². The summed E-state index contributed by atoms with van der Waals surface area (Å²) in [5, 5.41) is 12.2. The summed E-state index contributed by atoms with van der Waals surface area (Å²) in [5.41, 5.74) is 1.03. The number of rotatable bonds is 4. The first-order chi connectivity index (χ1) is 10.1. The van der Waals surface area contributed by atoms with Gasteiger partial charge in [-0.3, -0.25) is 4.68 Å². The average Bonchev–Trinajstić information content (AvgIpc) is 3.17. The molecule has 1 aliphatic rings. The molecule has 0 amide bonds. The van der Waals surface area contributed by atoms with E-state index < -0.39 is 0 Å². The molecule has 1 aromatic heterocycles. The van der Waals surface area contributed by atoms with Gasteiger partial charge in [0.05, 0.1) is 11.0 Å². The molecule has 0 atom stereocenters. The van der Waals surface area contributed by atoms with Gasteiger partial charge in [-0.2, -0.15) is 5.10 Å². The standard InChI is InChI=1S/C14H14BrClN4S/c15-11-8-20(7-9-3-1-2-4-12(9)16)19-13(11)18-14(21)17-10-5-6-10/h1-4,8,10H,5-7H2,(H2,17,18,19,21). The Labute approximate surface area is 142 Å². The van der Waals surface area contributed by atoms with Crippen molar-refractivity contribution in [1.29, 1.82) is 0 Å². The van der Waals surface area contributed by atoms with Crippen molar-refractivity contribution in [2.24, 2.45) is 0 Å². The lowest BCUT2D eigenvalue weighted by Crippen LogP contribution is -2.30. The molecule has 2 aromatic rings. The van der Waals surface area contributed by atoms with Crippen LogP contribution in [0.5, 0.6) is 0 Å². The van der Waals surface area contributed by atoms with E-state index in [1.807, 2.05) is 35.1 Å². The summed E-state index contributed by atoms with van der Waals surface area (Å²) in [6.45, 7) is 0.614. The molecule has 0 bridgehead atoms. The van der Waals surface area contributed by atoms with Gasteiger partial charge < -0.3 is 10.6 Å². The van der Waals surface area contributed by atoms with Crippen molar-refractivity contribution in [3.63, 3.8) is 0 Å². The van der Waals surface area contributed by atoms with Crippen LogP contribution in [0.3, 0.4) is 0 Å². The third kappa shape index (κ3) is 3.96. The molecule has 4 nitrogen and oxygen atoms in total. The minimum absolute atomic E-state index is 0.522. The van der Waals surface area contributed by atoms with Crippen LogP contribution < -0.4 is 10.6 Å². The number of hydrogen-bond donors (Lipinski definition) is 2. The maximum atomic E-state index is 6.17. The smallest absolute Gasteiger partial charge is 0.172 e. The Hall–Kier alpha value is -1.11. The molecule has 0 radical (unpaired) electrons. The highest BCUT2D eigenvalue weighted by atomic mass is 79.9. The minimum Gasteiger partial charge on any atom is -0.360 e. The van der Waals surface area contributed by atoms with Gasteiger partial charge in [0, 0.05) is 17.3 Å². The van der Waals surface area contributed by atoms with Gasteiger partial charge in [0.25, 0.3) is 0 Å². The van der Waals surface area contributed by atoms with Crippen molar-refractivity contribution in [2.45, 2.75) is 25.4 Å². The topological polar surface area (TPSA) is 41.9 Å². The van der Waals surface area contributed by atoms with Crippen LogP contribution in [-0.4, -0.2) is 20.9 Å². The third-order valence-electron chi connectivity index (χ3n) is 3.15. The first kappa shape index (κ1) is 14.8. The highest BCUT2D eigenvalue weighted by Gasteiger charge is 2.22. The second-order valence-electron chi connectivity index (χ2n) is 4.99. The zero-order valence-electron chi connectivity index (χ0n) is 11.1. The Kier molecular flexibility index (Phi) is 4.47. The Balaban J connectivity index is 1.68. The number of nitrogens with one attached hydrogen (secondary N) is 2. The van der Waals surface area contributed by atoms with Gasteiger partial charge in [0.1, 0.15) is 0 Å². The molecule has 1 saturated carbocycles. The predicted octanol–water partition coefficient (Wildman–Crippen LogP) is 3.80. The summed E-state index contributed by atoms with van der Waals surface area (Å²) in [6, 6.07) is 8.27. The lowest BCUT2D eigenvalue weighted by Gasteiger charge is -2.07. The molecular weight excluding hydrogens is 372 g/mol. The molecule has 1 aliphatic carbocycles. The number of aromatic nitrogens is 2. The summed E-state index contributed by atoms with van der Waals surface area (Å²) in [6.07, 6.45) is 4.28.